The van der Waals surface area contributed by atoms with Crippen LogP contribution in [0.3, 0.4) is 0 Å². The van der Waals surface area contributed by atoms with Crippen LogP contribution in [0.5, 0.6) is 0 Å². The van der Waals surface area contributed by atoms with Crippen LogP contribution < -0.4 is 0 Å². The fourth-order valence-electron chi connectivity index (χ4n) is 9.38. The Bertz CT molecular complexity index is 1630. The molecule has 2 aromatic rings. The topological polar surface area (TPSA) is 142 Å². The monoisotopic (exact) mass is 753 g/mol. The number of imidazole rings is 1. The van der Waals surface area contributed by atoms with Gasteiger partial charge < -0.3 is 33.3 Å². The number of Topliss-reactive ketones (excluding diaryl/α,β-unsaturated/α-hetero) is 2. The number of methoxy groups -OCH3 is 1. The van der Waals surface area contributed by atoms with Gasteiger partial charge in [-0.25, -0.2) is 14.8 Å². The van der Waals surface area contributed by atoms with Gasteiger partial charge in [-0.05, 0) is 97.9 Å². The molecule has 0 aliphatic carbocycles. The minimum atomic E-state index is -1.06. The van der Waals surface area contributed by atoms with Crippen molar-refractivity contribution in [3.8, 4) is 0 Å². The maximum absolute atomic E-state index is 14.6. The van der Waals surface area contributed by atoms with E-state index >= 15 is 0 Å². The molecule has 0 saturated carbocycles. The maximum Gasteiger partial charge on any atom is 0.410 e. The summed E-state index contributed by atoms with van der Waals surface area (Å²) in [5.41, 5.74) is 0.714. The van der Waals surface area contributed by atoms with Gasteiger partial charge in [0, 0.05) is 50.2 Å². The van der Waals surface area contributed by atoms with Gasteiger partial charge in [0.15, 0.2) is 11.8 Å². The van der Waals surface area contributed by atoms with E-state index in [1.54, 1.807) is 31.5 Å². The molecule has 3 aliphatic heterocycles. The van der Waals surface area contributed by atoms with Crippen LogP contribution in [-0.2, 0) is 39.9 Å². The van der Waals surface area contributed by atoms with E-state index in [1.807, 2.05) is 51.3 Å². The summed E-state index contributed by atoms with van der Waals surface area (Å²) in [6.07, 6.45) is 5.50. The number of unbranched alkanes of at least 4 members (excludes halogenated alkanes) is 1. The standard InChI is InChI=1S/C41H63N5O8/c1-11-33-37-34(46(40(50)54-37)18-13-12-17-45-23-43-32-15-14-16-42-38(32)45)27(5)35(47)24(2)22-41(7,51-10)31(26(4)36(48)28(6)39(49)53-33)21-30-20-29(44(8)9)19-25(3)52-30/h14-16,23-31,33-34,37H,11-13,17-22H2,1-10H3/t24-,25?,26?,27-,28?,29?,30?,31-,33?,34?,37?,41+/m1/s1. The molecular formula is C41H63N5O8. The fraction of sp³-hybridized carbons (Fsp3) is 0.756. The highest BCUT2D eigenvalue weighted by molar-refractivity contribution is 6.00. The van der Waals surface area contributed by atoms with Gasteiger partial charge >= 0.3 is 12.1 Å². The van der Waals surface area contributed by atoms with Crippen LogP contribution >= 0.6 is 0 Å². The van der Waals surface area contributed by atoms with Gasteiger partial charge in [0.05, 0.1) is 30.2 Å². The number of carbonyl (C=O) groups is 4. The number of pyridine rings is 1. The Morgan fingerprint density at radius 3 is 2.37 bits per heavy atom. The Morgan fingerprint density at radius 2 is 1.69 bits per heavy atom. The van der Waals surface area contributed by atoms with Gasteiger partial charge in [-0.2, -0.15) is 0 Å². The number of ether oxygens (including phenoxy) is 4. The predicted octanol–water partition coefficient (Wildman–Crippen LogP) is 5.72. The van der Waals surface area contributed by atoms with Crippen molar-refractivity contribution in [3.05, 3.63) is 24.7 Å². The lowest BCUT2D eigenvalue weighted by molar-refractivity contribution is -0.165. The molecule has 3 aliphatic rings. The van der Waals surface area contributed by atoms with Crippen LogP contribution in [0.15, 0.2) is 24.7 Å². The van der Waals surface area contributed by atoms with Crippen molar-refractivity contribution in [3.63, 3.8) is 0 Å². The normalized spacial score (nSPS) is 35.9. The van der Waals surface area contributed by atoms with Gasteiger partial charge in [0.1, 0.15) is 29.1 Å². The Balaban J connectivity index is 1.42. The molecule has 0 radical (unpaired) electrons. The molecular weight excluding hydrogens is 690 g/mol. The second-order valence-corrected chi connectivity index (χ2v) is 16.6. The third-order valence-corrected chi connectivity index (χ3v) is 12.7. The summed E-state index contributed by atoms with van der Waals surface area (Å²) in [5.74, 6) is -4.06. The quantitative estimate of drug-likeness (QED) is 0.167. The van der Waals surface area contributed by atoms with E-state index in [0.717, 1.165) is 30.4 Å². The number of hydrogen-bond acceptors (Lipinski definition) is 11. The summed E-state index contributed by atoms with van der Waals surface area (Å²) in [5, 5.41) is 0. The summed E-state index contributed by atoms with van der Waals surface area (Å²) in [6.45, 7) is 14.1. The SMILES string of the molecule is CCC1OC(=O)C(C)C(=O)C(C)[C@@H](CC2CC(N(C)C)CC(C)O2)[C@@](C)(OC)C[C@@H](C)C(=O)[C@H](C)C2C1OC(=O)N2CCCCn1cnc2cccnc21. The molecule has 5 heterocycles. The number of esters is 1. The molecule has 300 valence electrons. The van der Waals surface area contributed by atoms with Crippen LogP contribution in [0.1, 0.15) is 93.4 Å². The molecule has 2 aromatic heterocycles. The molecule has 12 atom stereocenters. The minimum Gasteiger partial charge on any atom is -0.458 e. The second-order valence-electron chi connectivity index (χ2n) is 16.6. The molecule has 1 amide bonds. The Labute approximate surface area is 320 Å². The highest BCUT2D eigenvalue weighted by Crippen LogP contribution is 2.42. The number of carbonyl (C=O) groups excluding carboxylic acids is 4. The summed E-state index contributed by atoms with van der Waals surface area (Å²) in [4.78, 5) is 69.0. The number of aryl methyl sites for hydroxylation is 1. The van der Waals surface area contributed by atoms with Gasteiger partial charge in [0.2, 0.25) is 0 Å². The highest BCUT2D eigenvalue weighted by atomic mass is 16.6. The molecule has 3 saturated heterocycles. The number of nitrogens with zero attached hydrogens (tertiary/aromatic N) is 5. The highest BCUT2D eigenvalue weighted by Gasteiger charge is 2.53. The average Bonchev–Trinajstić information content (AvgIpc) is 3.72. The Hall–Kier alpha value is -3.42. The molecule has 8 unspecified atom stereocenters. The van der Waals surface area contributed by atoms with Gasteiger partial charge in [-0.15, -0.1) is 0 Å². The number of fused-ring (bicyclic) bond motifs is 2. The molecule has 13 nitrogen and oxygen atoms in total. The smallest absolute Gasteiger partial charge is 0.410 e. The second kappa shape index (κ2) is 17.6. The number of rotatable bonds is 10. The number of cyclic esters (lactones) is 1. The third-order valence-electron chi connectivity index (χ3n) is 12.7. The number of aromatic nitrogens is 3. The largest absolute Gasteiger partial charge is 0.458 e. The van der Waals surface area contributed by atoms with Crippen molar-refractivity contribution >= 4 is 34.8 Å². The first-order valence-corrected chi connectivity index (χ1v) is 20.0. The van der Waals surface area contributed by atoms with Crippen LogP contribution in [0, 0.1) is 29.6 Å². The van der Waals surface area contributed by atoms with Crippen LogP contribution in [-0.4, -0.2) is 118 Å². The van der Waals surface area contributed by atoms with Gasteiger partial charge in [-0.3, -0.25) is 14.4 Å². The van der Waals surface area contributed by atoms with E-state index in [-0.39, 0.29) is 29.7 Å². The first-order valence-electron chi connectivity index (χ1n) is 20.0. The summed E-state index contributed by atoms with van der Waals surface area (Å²) < 4.78 is 26.9. The zero-order valence-electron chi connectivity index (χ0n) is 34.0. The van der Waals surface area contributed by atoms with E-state index in [0.29, 0.717) is 44.8 Å². The molecule has 0 bridgehead atoms. The van der Waals surface area contributed by atoms with Crippen LogP contribution in [0.25, 0.3) is 11.2 Å². The molecule has 5 rings (SSSR count). The number of ketones is 2. The molecule has 0 spiro atoms. The lowest BCUT2D eigenvalue weighted by atomic mass is 9.68. The number of amides is 1. The Morgan fingerprint density at radius 1 is 0.963 bits per heavy atom. The van der Waals surface area contributed by atoms with Crippen LogP contribution in [0.2, 0.25) is 0 Å². The maximum atomic E-state index is 14.6. The summed E-state index contributed by atoms with van der Waals surface area (Å²) in [6, 6.07) is 3.43. The molecule has 13 heteroatoms. The zero-order valence-corrected chi connectivity index (χ0v) is 34.0. The van der Waals surface area contributed by atoms with Gasteiger partial charge in [-0.1, -0.05) is 27.7 Å². The van der Waals surface area contributed by atoms with Crippen LogP contribution in [0.4, 0.5) is 4.79 Å². The molecule has 3 fully saturated rings. The van der Waals surface area contributed by atoms with Crippen molar-refractivity contribution in [1.82, 2.24) is 24.3 Å². The van der Waals surface area contributed by atoms with E-state index < -0.39 is 59.6 Å². The zero-order chi connectivity index (χ0) is 39.5. The van der Waals surface area contributed by atoms with Crippen molar-refractivity contribution in [2.75, 3.05) is 27.7 Å². The van der Waals surface area contributed by atoms with E-state index in [2.05, 4.69) is 35.9 Å². The fourth-order valence-corrected chi connectivity index (χ4v) is 9.38. The van der Waals surface area contributed by atoms with Crippen molar-refractivity contribution in [1.29, 1.82) is 0 Å². The first kappa shape index (κ1) is 41.7. The average molecular weight is 754 g/mol. The predicted molar refractivity (Wildman–Crippen MR) is 204 cm³/mol. The van der Waals surface area contributed by atoms with Crippen molar-refractivity contribution < 1.29 is 38.1 Å². The van der Waals surface area contributed by atoms with E-state index in [4.69, 9.17) is 18.9 Å². The third kappa shape index (κ3) is 8.83. The van der Waals surface area contributed by atoms with Crippen molar-refractivity contribution in [2.24, 2.45) is 29.6 Å². The first-order chi connectivity index (χ1) is 25.6. The summed E-state index contributed by atoms with van der Waals surface area (Å²) in [7, 11) is 5.79. The lowest BCUT2D eigenvalue weighted by Crippen LogP contribution is -2.53. The summed E-state index contributed by atoms with van der Waals surface area (Å²) >= 11 is 0. The molecule has 54 heavy (non-hydrogen) atoms. The minimum absolute atomic E-state index is 0.0351. The van der Waals surface area contributed by atoms with Gasteiger partial charge in [0.25, 0.3) is 0 Å². The van der Waals surface area contributed by atoms with Crippen molar-refractivity contribution in [2.45, 2.75) is 142 Å². The Kier molecular flexibility index (Phi) is 13.6. The van der Waals surface area contributed by atoms with E-state index in [1.165, 1.54) is 0 Å². The lowest BCUT2D eigenvalue weighted by Gasteiger charge is -2.45. The molecule has 0 N–H and O–H groups in total. The molecule has 0 aromatic carbocycles. The number of hydrogen-bond donors (Lipinski definition) is 0. The van der Waals surface area contributed by atoms with E-state index in [9.17, 15) is 19.2 Å².